The molecule has 0 aliphatic carbocycles. The van der Waals surface area contributed by atoms with Gasteiger partial charge in [-0.15, -0.1) is 0 Å². The summed E-state index contributed by atoms with van der Waals surface area (Å²) < 4.78 is 11.0. The van der Waals surface area contributed by atoms with E-state index >= 15 is 0 Å². The number of para-hydroxylation sites is 1. The molecule has 0 unspecified atom stereocenters. The Morgan fingerprint density at radius 3 is 2.64 bits per heavy atom. The summed E-state index contributed by atoms with van der Waals surface area (Å²) in [6.45, 7) is 6.45. The second-order valence-electron chi connectivity index (χ2n) is 5.00. The number of carbonyl (C=O) groups excluding carboxylic acids is 1. The van der Waals surface area contributed by atoms with Gasteiger partial charge in [-0.05, 0) is 30.9 Å². The molecule has 0 spiro atoms. The van der Waals surface area contributed by atoms with Crippen molar-refractivity contribution in [2.24, 2.45) is 0 Å². The van der Waals surface area contributed by atoms with Crippen molar-refractivity contribution in [1.29, 1.82) is 0 Å². The first-order chi connectivity index (χ1) is 10.8. The van der Waals surface area contributed by atoms with Gasteiger partial charge in [0.15, 0.2) is 6.73 Å². The highest BCUT2D eigenvalue weighted by atomic mass is 16.5. The lowest BCUT2D eigenvalue weighted by molar-refractivity contribution is 0.129. The van der Waals surface area contributed by atoms with Crippen molar-refractivity contribution >= 4 is 6.03 Å². The topological polar surface area (TPSA) is 59.6 Å². The quantitative estimate of drug-likeness (QED) is 0.488. The molecule has 2 amide bonds. The number of aryl methyl sites for hydroxylation is 1. The maximum absolute atomic E-state index is 11.6. The van der Waals surface area contributed by atoms with Crippen molar-refractivity contribution in [3.63, 3.8) is 0 Å². The molecule has 1 aromatic carbocycles. The summed E-state index contributed by atoms with van der Waals surface area (Å²) in [6.07, 6.45) is 3.95. The van der Waals surface area contributed by atoms with Crippen LogP contribution in [-0.2, 0) is 11.2 Å². The Labute approximate surface area is 133 Å². The van der Waals surface area contributed by atoms with Crippen LogP contribution >= 0.6 is 0 Å². The molecule has 22 heavy (non-hydrogen) atoms. The van der Waals surface area contributed by atoms with E-state index in [-0.39, 0.29) is 12.8 Å². The summed E-state index contributed by atoms with van der Waals surface area (Å²) in [5, 5.41) is 5.46. The first kappa shape index (κ1) is 18.3. The fourth-order valence-electron chi connectivity index (χ4n) is 1.90. The van der Waals surface area contributed by atoms with Gasteiger partial charge in [-0.1, -0.05) is 38.5 Å². The van der Waals surface area contributed by atoms with Crippen LogP contribution in [0, 0.1) is 0 Å². The number of hydrogen-bond acceptors (Lipinski definition) is 3. The predicted octanol–water partition coefficient (Wildman–Crippen LogP) is 3.09. The Morgan fingerprint density at radius 1 is 1.09 bits per heavy atom. The molecular weight excluding hydrogens is 280 g/mol. The third-order valence-corrected chi connectivity index (χ3v) is 3.21. The van der Waals surface area contributed by atoms with E-state index in [0.29, 0.717) is 13.2 Å². The van der Waals surface area contributed by atoms with E-state index in [1.165, 1.54) is 0 Å². The van der Waals surface area contributed by atoms with Gasteiger partial charge in [0, 0.05) is 19.8 Å². The Bertz CT molecular complexity index is 424. The van der Waals surface area contributed by atoms with Crippen molar-refractivity contribution in [3.05, 3.63) is 29.8 Å². The van der Waals surface area contributed by atoms with Crippen LogP contribution < -0.4 is 15.4 Å². The molecule has 0 saturated carbocycles. The van der Waals surface area contributed by atoms with Crippen molar-refractivity contribution in [2.75, 3.05) is 26.5 Å². The maximum Gasteiger partial charge on any atom is 0.317 e. The minimum Gasteiger partial charge on any atom is -0.473 e. The first-order valence-corrected chi connectivity index (χ1v) is 8.08. The lowest BCUT2D eigenvalue weighted by Crippen LogP contribution is -2.38. The zero-order valence-electron chi connectivity index (χ0n) is 13.7. The number of hydrogen-bond donors (Lipinski definition) is 2. The molecule has 0 aliphatic rings. The highest BCUT2D eigenvalue weighted by Gasteiger charge is 2.02. The smallest absolute Gasteiger partial charge is 0.317 e. The van der Waals surface area contributed by atoms with Crippen LogP contribution in [0.1, 0.15) is 38.7 Å². The molecule has 0 bridgehead atoms. The average molecular weight is 308 g/mol. The number of rotatable bonds is 11. The van der Waals surface area contributed by atoms with E-state index in [0.717, 1.165) is 43.6 Å². The van der Waals surface area contributed by atoms with Gasteiger partial charge in [-0.25, -0.2) is 4.79 Å². The average Bonchev–Trinajstić information content (AvgIpc) is 2.54. The minimum absolute atomic E-state index is 0.163. The van der Waals surface area contributed by atoms with Gasteiger partial charge in [0.1, 0.15) is 5.75 Å². The Morgan fingerprint density at radius 2 is 1.86 bits per heavy atom. The molecule has 1 rings (SSSR count). The number of amides is 2. The van der Waals surface area contributed by atoms with E-state index in [9.17, 15) is 4.79 Å². The number of ether oxygens (including phenoxy) is 2. The Balaban J connectivity index is 2.06. The lowest BCUT2D eigenvalue weighted by atomic mass is 10.1. The Kier molecular flexibility index (Phi) is 9.87. The maximum atomic E-state index is 11.6. The van der Waals surface area contributed by atoms with Crippen LogP contribution in [0.15, 0.2) is 24.3 Å². The number of urea groups is 1. The fourth-order valence-corrected chi connectivity index (χ4v) is 1.90. The molecule has 2 N–H and O–H groups in total. The van der Waals surface area contributed by atoms with E-state index in [2.05, 4.69) is 24.5 Å². The summed E-state index contributed by atoms with van der Waals surface area (Å²) in [7, 11) is 0. The van der Waals surface area contributed by atoms with E-state index in [1.54, 1.807) is 0 Å². The minimum atomic E-state index is -0.220. The molecular formula is C17H28N2O3. The van der Waals surface area contributed by atoms with E-state index < -0.39 is 0 Å². The van der Waals surface area contributed by atoms with Gasteiger partial charge < -0.3 is 20.1 Å². The van der Waals surface area contributed by atoms with Gasteiger partial charge in [0.25, 0.3) is 0 Å². The summed E-state index contributed by atoms with van der Waals surface area (Å²) in [5.74, 6) is 0.814. The molecule has 0 fully saturated rings. The summed E-state index contributed by atoms with van der Waals surface area (Å²) in [6, 6.07) is 7.61. The second-order valence-corrected chi connectivity index (χ2v) is 5.00. The van der Waals surface area contributed by atoms with Gasteiger partial charge in [-0.3, -0.25) is 0 Å². The number of benzene rings is 1. The number of unbranched alkanes of at least 4 members (excludes halogenated alkanes) is 1. The van der Waals surface area contributed by atoms with Crippen LogP contribution in [0.2, 0.25) is 0 Å². The molecule has 0 aliphatic heterocycles. The molecule has 1 aromatic rings. The molecule has 0 heterocycles. The molecule has 0 atom stereocenters. The number of carbonyl (C=O) groups is 1. The SMILES string of the molecule is CCCCOCCCNC(=O)NCOc1ccccc1CC. The van der Waals surface area contributed by atoms with Crippen LogP contribution in [0.3, 0.4) is 0 Å². The van der Waals surface area contributed by atoms with Gasteiger partial charge in [-0.2, -0.15) is 0 Å². The van der Waals surface area contributed by atoms with E-state index in [4.69, 9.17) is 9.47 Å². The van der Waals surface area contributed by atoms with Crippen molar-refractivity contribution < 1.29 is 14.3 Å². The summed E-state index contributed by atoms with van der Waals surface area (Å²) in [5.41, 5.74) is 1.13. The normalized spacial score (nSPS) is 10.3. The molecule has 0 radical (unpaired) electrons. The van der Waals surface area contributed by atoms with Crippen LogP contribution in [0.5, 0.6) is 5.75 Å². The second kappa shape index (κ2) is 11.9. The van der Waals surface area contributed by atoms with Gasteiger partial charge in [0.2, 0.25) is 0 Å². The Hall–Kier alpha value is -1.75. The van der Waals surface area contributed by atoms with Crippen molar-refractivity contribution in [1.82, 2.24) is 10.6 Å². The zero-order chi connectivity index (χ0) is 16.0. The third kappa shape index (κ3) is 7.88. The lowest BCUT2D eigenvalue weighted by Gasteiger charge is -2.11. The highest BCUT2D eigenvalue weighted by molar-refractivity contribution is 5.73. The summed E-state index contributed by atoms with van der Waals surface area (Å²) in [4.78, 5) is 11.6. The van der Waals surface area contributed by atoms with E-state index in [1.807, 2.05) is 24.3 Å². The van der Waals surface area contributed by atoms with Gasteiger partial charge >= 0.3 is 6.03 Å². The number of nitrogens with one attached hydrogen (secondary N) is 2. The van der Waals surface area contributed by atoms with Crippen molar-refractivity contribution in [2.45, 2.75) is 39.5 Å². The molecule has 0 saturated heterocycles. The third-order valence-electron chi connectivity index (χ3n) is 3.21. The summed E-state index contributed by atoms with van der Waals surface area (Å²) >= 11 is 0. The van der Waals surface area contributed by atoms with Crippen LogP contribution in [0.25, 0.3) is 0 Å². The van der Waals surface area contributed by atoms with Crippen LogP contribution in [-0.4, -0.2) is 32.5 Å². The van der Waals surface area contributed by atoms with Crippen molar-refractivity contribution in [3.8, 4) is 5.75 Å². The molecule has 0 aromatic heterocycles. The standard InChI is InChI=1S/C17H28N2O3/c1-3-5-12-21-13-8-11-18-17(20)19-14-22-16-10-7-6-9-15(16)4-2/h6-7,9-10H,3-5,8,11-14H2,1-2H3,(H2,18,19,20). The predicted molar refractivity (Wildman–Crippen MR) is 88.2 cm³/mol. The monoisotopic (exact) mass is 308 g/mol. The zero-order valence-corrected chi connectivity index (χ0v) is 13.7. The first-order valence-electron chi connectivity index (χ1n) is 8.08. The highest BCUT2D eigenvalue weighted by Crippen LogP contribution is 2.17. The molecule has 124 valence electrons. The largest absolute Gasteiger partial charge is 0.473 e. The molecule has 5 heteroatoms. The van der Waals surface area contributed by atoms with Gasteiger partial charge in [0.05, 0.1) is 0 Å². The molecule has 5 nitrogen and oxygen atoms in total. The fraction of sp³-hybridized carbons (Fsp3) is 0.588. The van der Waals surface area contributed by atoms with Crippen LogP contribution in [0.4, 0.5) is 4.79 Å².